The zero-order chi connectivity index (χ0) is 14.2. The van der Waals surface area contributed by atoms with Crippen LogP contribution in [0.3, 0.4) is 0 Å². The maximum absolute atomic E-state index is 6.15. The lowest BCUT2D eigenvalue weighted by Crippen LogP contribution is -2.07. The number of thiophene rings is 2. The summed E-state index contributed by atoms with van der Waals surface area (Å²) in [6.07, 6.45) is 2.28. The highest BCUT2D eigenvalue weighted by Crippen LogP contribution is 2.42. The highest BCUT2D eigenvalue weighted by Gasteiger charge is 2.25. The monoisotopic (exact) mass is 331 g/mol. The largest absolute Gasteiger partial charge is 0.378 e. The van der Waals surface area contributed by atoms with E-state index in [9.17, 15) is 0 Å². The average molecular weight is 332 g/mol. The van der Waals surface area contributed by atoms with Gasteiger partial charge in [-0.05, 0) is 42.0 Å². The summed E-state index contributed by atoms with van der Waals surface area (Å²) in [4.78, 5) is 2.74. The molecule has 2 heterocycles. The van der Waals surface area contributed by atoms with Crippen molar-refractivity contribution in [2.45, 2.75) is 18.9 Å². The van der Waals surface area contributed by atoms with Gasteiger partial charge < -0.3 is 5.32 Å². The van der Waals surface area contributed by atoms with E-state index in [1.54, 1.807) is 22.7 Å². The summed E-state index contributed by atoms with van der Waals surface area (Å²) < 4.78 is 0.901. The van der Waals surface area contributed by atoms with Crippen molar-refractivity contribution in [1.29, 1.82) is 0 Å². The summed E-state index contributed by atoms with van der Waals surface area (Å²) in [6, 6.07) is 15.3. The first kappa shape index (κ1) is 13.4. The molecule has 4 heteroatoms. The maximum Gasteiger partial charge on any atom is 0.0934 e. The van der Waals surface area contributed by atoms with Gasteiger partial charge in [-0.2, -0.15) is 0 Å². The lowest BCUT2D eigenvalue weighted by atomic mass is 10.1. The number of nitrogens with one attached hydrogen (secondary N) is 1. The Morgan fingerprint density at radius 1 is 1.14 bits per heavy atom. The zero-order valence-electron chi connectivity index (χ0n) is 11.3. The molecule has 0 spiro atoms. The van der Waals surface area contributed by atoms with E-state index in [0.717, 1.165) is 17.2 Å². The van der Waals surface area contributed by atoms with E-state index in [1.807, 2.05) is 0 Å². The van der Waals surface area contributed by atoms with Crippen molar-refractivity contribution in [1.82, 2.24) is 0 Å². The number of hydrogen-bond donors (Lipinski definition) is 1. The van der Waals surface area contributed by atoms with Crippen LogP contribution in [-0.2, 0) is 6.42 Å². The van der Waals surface area contributed by atoms with Gasteiger partial charge in [0.05, 0.1) is 10.4 Å². The molecule has 1 nitrogen and oxygen atoms in total. The van der Waals surface area contributed by atoms with Gasteiger partial charge in [0.1, 0.15) is 0 Å². The molecule has 4 rings (SSSR count). The minimum atomic E-state index is 0.380. The molecular weight excluding hydrogens is 318 g/mol. The van der Waals surface area contributed by atoms with Gasteiger partial charge in [-0.15, -0.1) is 22.7 Å². The molecule has 0 bridgehead atoms. The van der Waals surface area contributed by atoms with Gasteiger partial charge >= 0.3 is 0 Å². The number of hydrogen-bond acceptors (Lipinski definition) is 3. The van der Waals surface area contributed by atoms with E-state index in [2.05, 4.69) is 53.2 Å². The van der Waals surface area contributed by atoms with Gasteiger partial charge in [-0.25, -0.2) is 0 Å². The SMILES string of the molecule is Clc1cc2c(s1)CCC2Nc1ccccc1-c1cccs1. The number of halogens is 1. The Balaban J connectivity index is 1.67. The summed E-state index contributed by atoms with van der Waals surface area (Å²) >= 11 is 9.65. The summed E-state index contributed by atoms with van der Waals surface area (Å²) in [5.74, 6) is 0. The van der Waals surface area contributed by atoms with Crippen LogP contribution in [0.2, 0.25) is 4.34 Å². The lowest BCUT2D eigenvalue weighted by molar-refractivity contribution is 0.763. The first-order chi connectivity index (χ1) is 10.3. The molecule has 3 aromatic rings. The third-order valence-electron chi connectivity index (χ3n) is 3.89. The van der Waals surface area contributed by atoms with Crippen LogP contribution < -0.4 is 5.32 Å². The molecule has 1 aliphatic carbocycles. The number of benzene rings is 1. The Bertz CT molecular complexity index is 761. The van der Waals surface area contributed by atoms with Gasteiger partial charge in [0, 0.05) is 21.0 Å². The Hall–Kier alpha value is -1.29. The molecule has 0 radical (unpaired) electrons. The molecule has 1 atom stereocenters. The van der Waals surface area contributed by atoms with Gasteiger partial charge in [0.2, 0.25) is 0 Å². The second kappa shape index (κ2) is 5.48. The third-order valence-corrected chi connectivity index (χ3v) is 6.13. The molecule has 0 saturated carbocycles. The second-order valence-corrected chi connectivity index (χ2v) is 7.90. The summed E-state index contributed by atoms with van der Waals surface area (Å²) in [6.45, 7) is 0. The van der Waals surface area contributed by atoms with Gasteiger partial charge in [0.15, 0.2) is 0 Å². The first-order valence-electron chi connectivity index (χ1n) is 6.99. The van der Waals surface area contributed by atoms with Crippen LogP contribution in [0.25, 0.3) is 10.4 Å². The molecule has 2 aromatic heterocycles. The van der Waals surface area contributed by atoms with Crippen LogP contribution >= 0.6 is 34.3 Å². The minimum Gasteiger partial charge on any atom is -0.378 e. The van der Waals surface area contributed by atoms with Crippen molar-refractivity contribution in [3.63, 3.8) is 0 Å². The highest BCUT2D eigenvalue weighted by molar-refractivity contribution is 7.16. The van der Waals surface area contributed by atoms with E-state index in [0.29, 0.717) is 6.04 Å². The number of aryl methyl sites for hydroxylation is 1. The molecule has 0 amide bonds. The van der Waals surface area contributed by atoms with Crippen LogP contribution in [0.5, 0.6) is 0 Å². The number of para-hydroxylation sites is 1. The smallest absolute Gasteiger partial charge is 0.0934 e. The van der Waals surface area contributed by atoms with E-state index in [1.165, 1.54) is 26.6 Å². The molecule has 0 fully saturated rings. The van der Waals surface area contributed by atoms with Crippen LogP contribution in [0, 0.1) is 0 Å². The van der Waals surface area contributed by atoms with Crippen LogP contribution in [0.1, 0.15) is 22.9 Å². The number of fused-ring (bicyclic) bond motifs is 1. The molecule has 0 aliphatic heterocycles. The predicted molar refractivity (Wildman–Crippen MR) is 93.8 cm³/mol. The van der Waals surface area contributed by atoms with E-state index >= 15 is 0 Å². The van der Waals surface area contributed by atoms with E-state index < -0.39 is 0 Å². The highest BCUT2D eigenvalue weighted by atomic mass is 35.5. The van der Waals surface area contributed by atoms with Crippen LogP contribution in [0.4, 0.5) is 5.69 Å². The first-order valence-corrected chi connectivity index (χ1v) is 9.06. The maximum atomic E-state index is 6.15. The van der Waals surface area contributed by atoms with Gasteiger partial charge in [-0.1, -0.05) is 35.9 Å². The molecule has 106 valence electrons. The Morgan fingerprint density at radius 3 is 2.90 bits per heavy atom. The van der Waals surface area contributed by atoms with Crippen LogP contribution in [-0.4, -0.2) is 0 Å². The molecular formula is C17H14ClNS2. The summed E-state index contributed by atoms with van der Waals surface area (Å²) in [7, 11) is 0. The van der Waals surface area contributed by atoms with E-state index in [-0.39, 0.29) is 0 Å². The molecule has 1 N–H and O–H groups in total. The predicted octanol–water partition coefficient (Wildman–Crippen LogP) is 6.23. The van der Waals surface area contributed by atoms with Gasteiger partial charge in [0.25, 0.3) is 0 Å². The van der Waals surface area contributed by atoms with Crippen molar-refractivity contribution < 1.29 is 0 Å². The van der Waals surface area contributed by atoms with Crippen LogP contribution in [0.15, 0.2) is 47.8 Å². The standard InChI is InChI=1S/C17H14ClNS2/c18-17-10-12-14(7-8-16(12)21-17)19-13-5-2-1-4-11(13)15-6-3-9-20-15/h1-6,9-10,14,19H,7-8H2. The number of rotatable bonds is 3. The van der Waals surface area contributed by atoms with E-state index in [4.69, 9.17) is 11.6 Å². The molecule has 1 aromatic carbocycles. The Morgan fingerprint density at radius 2 is 2.05 bits per heavy atom. The summed E-state index contributed by atoms with van der Waals surface area (Å²) in [5, 5.41) is 5.85. The quantitative estimate of drug-likeness (QED) is 0.600. The van der Waals surface area contributed by atoms with Crippen molar-refractivity contribution in [2.75, 3.05) is 5.32 Å². The third kappa shape index (κ3) is 2.50. The van der Waals surface area contributed by atoms with Crippen molar-refractivity contribution in [2.24, 2.45) is 0 Å². The Labute approximate surface area is 137 Å². The minimum absolute atomic E-state index is 0.380. The molecule has 1 unspecified atom stereocenters. The van der Waals surface area contributed by atoms with Crippen molar-refractivity contribution in [3.05, 3.63) is 62.6 Å². The van der Waals surface area contributed by atoms with Crippen molar-refractivity contribution >= 4 is 40.0 Å². The number of anilines is 1. The normalized spacial score (nSPS) is 16.9. The Kier molecular flexibility index (Phi) is 3.49. The zero-order valence-corrected chi connectivity index (χ0v) is 13.7. The molecule has 0 saturated heterocycles. The second-order valence-electron chi connectivity index (χ2n) is 5.19. The summed E-state index contributed by atoms with van der Waals surface area (Å²) in [5.41, 5.74) is 3.87. The topological polar surface area (TPSA) is 12.0 Å². The lowest BCUT2D eigenvalue weighted by Gasteiger charge is -2.17. The molecule has 21 heavy (non-hydrogen) atoms. The fourth-order valence-electron chi connectivity index (χ4n) is 2.92. The average Bonchev–Trinajstić information content (AvgIpc) is 3.18. The van der Waals surface area contributed by atoms with Crippen molar-refractivity contribution in [3.8, 4) is 10.4 Å². The molecule has 1 aliphatic rings. The fourth-order valence-corrected chi connectivity index (χ4v) is 5.05. The van der Waals surface area contributed by atoms with Gasteiger partial charge in [-0.3, -0.25) is 0 Å². The fraction of sp³-hybridized carbons (Fsp3) is 0.176.